The molecule has 1 saturated carbocycles. The molecule has 58 valence electrons. The molecule has 0 aromatic heterocycles. The van der Waals surface area contributed by atoms with Crippen LogP contribution >= 0.6 is 0 Å². The molecule has 1 aliphatic carbocycles. The molecule has 0 aromatic rings. The van der Waals surface area contributed by atoms with Gasteiger partial charge in [-0.15, -0.1) is 0 Å². The first-order valence-electron chi connectivity index (χ1n) is 3.67. The van der Waals surface area contributed by atoms with Gasteiger partial charge >= 0.3 is 5.97 Å². The summed E-state index contributed by atoms with van der Waals surface area (Å²) in [6.45, 7) is 0. The number of carboxylic acids is 1. The van der Waals surface area contributed by atoms with Gasteiger partial charge in [-0.05, 0) is 18.8 Å². The van der Waals surface area contributed by atoms with Crippen molar-refractivity contribution < 1.29 is 9.90 Å². The predicted octanol–water partition coefficient (Wildman–Crippen LogP) is 0.588. The first-order valence-corrected chi connectivity index (χ1v) is 3.67. The topological polar surface area (TPSA) is 63.3 Å². The molecule has 0 aliphatic heterocycles. The lowest BCUT2D eigenvalue weighted by molar-refractivity contribution is -0.137. The van der Waals surface area contributed by atoms with E-state index in [0.29, 0.717) is 5.92 Å². The molecule has 3 heteroatoms. The highest BCUT2D eigenvalue weighted by molar-refractivity contribution is 5.67. The Balaban J connectivity index is 2.19. The highest BCUT2D eigenvalue weighted by Crippen LogP contribution is 2.29. The summed E-state index contributed by atoms with van der Waals surface area (Å²) in [4.78, 5) is 10.2. The summed E-state index contributed by atoms with van der Waals surface area (Å²) in [5.41, 5.74) is 5.60. The van der Waals surface area contributed by atoms with Gasteiger partial charge < -0.3 is 10.8 Å². The second kappa shape index (κ2) is 3.01. The van der Waals surface area contributed by atoms with E-state index in [1.54, 1.807) is 0 Å². The Hall–Kier alpha value is -0.570. The molecular formula is C7H13NO2. The van der Waals surface area contributed by atoms with Crippen LogP contribution in [0.25, 0.3) is 0 Å². The Kier molecular flexibility index (Phi) is 2.27. The maximum atomic E-state index is 10.2. The number of carbonyl (C=O) groups is 1. The lowest BCUT2D eigenvalue weighted by Crippen LogP contribution is -2.36. The summed E-state index contributed by atoms with van der Waals surface area (Å²) in [7, 11) is 0. The third kappa shape index (κ3) is 1.70. The van der Waals surface area contributed by atoms with Crippen molar-refractivity contribution in [3.63, 3.8) is 0 Å². The molecule has 3 N–H and O–H groups in total. The molecule has 0 saturated heterocycles. The molecule has 1 rings (SSSR count). The van der Waals surface area contributed by atoms with Crippen LogP contribution in [0.15, 0.2) is 0 Å². The monoisotopic (exact) mass is 143 g/mol. The highest BCUT2D eigenvalue weighted by Gasteiger charge is 2.25. The SMILES string of the molecule is NC(CC(=O)O)C1CCC1. The molecule has 1 unspecified atom stereocenters. The van der Waals surface area contributed by atoms with Crippen LogP contribution in [-0.2, 0) is 4.79 Å². The Morgan fingerprint density at radius 3 is 2.60 bits per heavy atom. The number of aliphatic carboxylic acids is 1. The van der Waals surface area contributed by atoms with Crippen LogP contribution in [0.5, 0.6) is 0 Å². The average Bonchev–Trinajstić information content (AvgIpc) is 1.55. The smallest absolute Gasteiger partial charge is 0.304 e. The fraction of sp³-hybridized carbons (Fsp3) is 0.857. The standard InChI is InChI=1S/C7H13NO2/c8-6(4-7(9)10)5-2-1-3-5/h5-6H,1-4,8H2,(H,9,10). The summed E-state index contributed by atoms with van der Waals surface area (Å²) in [6, 6.07) is -0.105. The third-order valence-corrected chi connectivity index (χ3v) is 2.17. The van der Waals surface area contributed by atoms with Crippen molar-refractivity contribution in [3.8, 4) is 0 Å². The molecule has 1 fully saturated rings. The normalized spacial score (nSPS) is 21.7. The number of carboxylic acid groups (broad SMARTS) is 1. The zero-order valence-corrected chi connectivity index (χ0v) is 5.92. The van der Waals surface area contributed by atoms with Crippen LogP contribution < -0.4 is 5.73 Å². The number of rotatable bonds is 3. The summed E-state index contributed by atoms with van der Waals surface area (Å²) in [6.07, 6.45) is 3.59. The summed E-state index contributed by atoms with van der Waals surface area (Å²) in [5, 5.41) is 8.37. The van der Waals surface area contributed by atoms with Gasteiger partial charge in [0.25, 0.3) is 0 Å². The molecule has 1 atom stereocenters. The Morgan fingerprint density at radius 2 is 2.30 bits per heavy atom. The number of nitrogens with two attached hydrogens (primary N) is 1. The Morgan fingerprint density at radius 1 is 1.70 bits per heavy atom. The summed E-state index contributed by atoms with van der Waals surface area (Å²) >= 11 is 0. The number of hydrogen-bond donors (Lipinski definition) is 2. The van der Waals surface area contributed by atoms with Crippen LogP contribution in [0, 0.1) is 5.92 Å². The van der Waals surface area contributed by atoms with Crippen molar-refractivity contribution in [3.05, 3.63) is 0 Å². The van der Waals surface area contributed by atoms with Gasteiger partial charge in [0.2, 0.25) is 0 Å². The van der Waals surface area contributed by atoms with Crippen molar-refractivity contribution in [2.75, 3.05) is 0 Å². The Bertz CT molecular complexity index is 132. The quantitative estimate of drug-likeness (QED) is 0.607. The first-order chi connectivity index (χ1) is 4.70. The zero-order chi connectivity index (χ0) is 7.56. The molecule has 0 aromatic carbocycles. The van der Waals surface area contributed by atoms with Gasteiger partial charge in [-0.25, -0.2) is 0 Å². The highest BCUT2D eigenvalue weighted by atomic mass is 16.4. The van der Waals surface area contributed by atoms with Gasteiger partial charge in [-0.2, -0.15) is 0 Å². The minimum absolute atomic E-state index is 0.105. The number of hydrogen-bond acceptors (Lipinski definition) is 2. The van der Waals surface area contributed by atoms with E-state index in [2.05, 4.69) is 0 Å². The van der Waals surface area contributed by atoms with E-state index < -0.39 is 5.97 Å². The van der Waals surface area contributed by atoms with Crippen molar-refractivity contribution in [2.24, 2.45) is 11.7 Å². The molecule has 0 heterocycles. The van der Waals surface area contributed by atoms with E-state index in [4.69, 9.17) is 10.8 Å². The second-order valence-corrected chi connectivity index (χ2v) is 2.95. The third-order valence-electron chi connectivity index (χ3n) is 2.17. The van der Waals surface area contributed by atoms with Gasteiger partial charge in [-0.3, -0.25) is 4.79 Å². The zero-order valence-electron chi connectivity index (χ0n) is 5.92. The second-order valence-electron chi connectivity index (χ2n) is 2.95. The first kappa shape index (κ1) is 7.54. The largest absolute Gasteiger partial charge is 0.481 e. The van der Waals surface area contributed by atoms with E-state index in [0.717, 1.165) is 12.8 Å². The predicted molar refractivity (Wildman–Crippen MR) is 37.6 cm³/mol. The lowest BCUT2D eigenvalue weighted by Gasteiger charge is -2.30. The average molecular weight is 143 g/mol. The van der Waals surface area contributed by atoms with E-state index in [-0.39, 0.29) is 12.5 Å². The molecule has 0 spiro atoms. The lowest BCUT2D eigenvalue weighted by atomic mass is 9.79. The van der Waals surface area contributed by atoms with Gasteiger partial charge in [0.05, 0.1) is 6.42 Å². The maximum Gasteiger partial charge on any atom is 0.304 e. The van der Waals surface area contributed by atoms with E-state index >= 15 is 0 Å². The van der Waals surface area contributed by atoms with Gasteiger partial charge in [0.1, 0.15) is 0 Å². The minimum Gasteiger partial charge on any atom is -0.481 e. The van der Waals surface area contributed by atoms with Crippen molar-refractivity contribution in [1.82, 2.24) is 0 Å². The fourth-order valence-electron chi connectivity index (χ4n) is 1.24. The molecule has 10 heavy (non-hydrogen) atoms. The van der Waals surface area contributed by atoms with E-state index in [1.807, 2.05) is 0 Å². The molecule has 0 bridgehead atoms. The van der Waals surface area contributed by atoms with Gasteiger partial charge in [-0.1, -0.05) is 6.42 Å². The van der Waals surface area contributed by atoms with E-state index in [1.165, 1.54) is 6.42 Å². The van der Waals surface area contributed by atoms with Crippen molar-refractivity contribution in [2.45, 2.75) is 31.7 Å². The molecule has 0 amide bonds. The van der Waals surface area contributed by atoms with Crippen molar-refractivity contribution >= 4 is 5.97 Å². The maximum absolute atomic E-state index is 10.2. The molecular weight excluding hydrogens is 130 g/mol. The molecule has 0 radical (unpaired) electrons. The van der Waals surface area contributed by atoms with Gasteiger partial charge in [0, 0.05) is 6.04 Å². The minimum atomic E-state index is -0.778. The van der Waals surface area contributed by atoms with Crippen LogP contribution in [0.3, 0.4) is 0 Å². The van der Waals surface area contributed by atoms with Crippen LogP contribution in [0.1, 0.15) is 25.7 Å². The molecule has 1 aliphatic rings. The fourth-order valence-corrected chi connectivity index (χ4v) is 1.24. The van der Waals surface area contributed by atoms with Crippen molar-refractivity contribution in [1.29, 1.82) is 0 Å². The van der Waals surface area contributed by atoms with E-state index in [9.17, 15) is 4.79 Å². The van der Waals surface area contributed by atoms with Crippen LogP contribution in [0.4, 0.5) is 0 Å². The molecule has 3 nitrogen and oxygen atoms in total. The van der Waals surface area contributed by atoms with Crippen LogP contribution in [0.2, 0.25) is 0 Å². The van der Waals surface area contributed by atoms with Crippen LogP contribution in [-0.4, -0.2) is 17.1 Å². The Labute approximate surface area is 60.2 Å². The van der Waals surface area contributed by atoms with Gasteiger partial charge in [0.15, 0.2) is 0 Å². The summed E-state index contributed by atoms with van der Waals surface area (Å²) < 4.78 is 0. The summed E-state index contributed by atoms with van der Waals surface area (Å²) in [5.74, 6) is -0.296.